The van der Waals surface area contributed by atoms with E-state index in [0.29, 0.717) is 17.9 Å². The monoisotopic (exact) mass is 494 g/mol. The van der Waals surface area contributed by atoms with Crippen LogP contribution in [0.2, 0.25) is 0 Å². The standard InChI is InChI=1S/C20H19BrN2O4S2/c21-16-5-7-18(8-6-16)28-13-11-22-20(24)15-3-9-19(10-4-15)29(25,26)23-14-17-2-1-12-27-17/h1-10,12,23H,11,13-14H2,(H,22,24). The molecule has 6 nitrogen and oxygen atoms in total. The van der Waals surface area contributed by atoms with Crippen molar-refractivity contribution in [2.24, 2.45) is 0 Å². The summed E-state index contributed by atoms with van der Waals surface area (Å²) in [5.41, 5.74) is 0.406. The van der Waals surface area contributed by atoms with E-state index in [-0.39, 0.29) is 17.3 Å². The minimum Gasteiger partial charge on any atom is -0.468 e. The number of benzene rings is 2. The molecule has 0 aliphatic rings. The third kappa shape index (κ3) is 6.46. The van der Waals surface area contributed by atoms with Crippen LogP contribution in [-0.2, 0) is 16.6 Å². The summed E-state index contributed by atoms with van der Waals surface area (Å²) in [5, 5.41) is 2.84. The predicted molar refractivity (Wildman–Crippen MR) is 116 cm³/mol. The number of carbonyl (C=O) groups excluding carboxylic acids is 1. The number of thioether (sulfide) groups is 1. The van der Waals surface area contributed by atoms with E-state index in [0.717, 1.165) is 15.1 Å². The van der Waals surface area contributed by atoms with E-state index in [1.165, 1.54) is 30.5 Å². The Morgan fingerprint density at radius 1 is 1.03 bits per heavy atom. The van der Waals surface area contributed by atoms with Crippen LogP contribution in [0.1, 0.15) is 16.1 Å². The molecule has 0 saturated heterocycles. The summed E-state index contributed by atoms with van der Waals surface area (Å²) in [6.45, 7) is 0.567. The van der Waals surface area contributed by atoms with Crippen molar-refractivity contribution in [1.29, 1.82) is 0 Å². The number of hydrogen-bond acceptors (Lipinski definition) is 5. The third-order valence-electron chi connectivity index (χ3n) is 3.91. The molecule has 2 aromatic carbocycles. The van der Waals surface area contributed by atoms with Crippen molar-refractivity contribution < 1.29 is 17.6 Å². The number of hydrogen-bond donors (Lipinski definition) is 2. The quantitative estimate of drug-likeness (QED) is 0.346. The molecular formula is C20H19BrN2O4S2. The van der Waals surface area contributed by atoms with Gasteiger partial charge < -0.3 is 9.73 Å². The summed E-state index contributed by atoms with van der Waals surface area (Å²) in [6, 6.07) is 17.2. The summed E-state index contributed by atoms with van der Waals surface area (Å²) in [7, 11) is -3.68. The number of furan rings is 1. The zero-order valence-corrected chi connectivity index (χ0v) is 18.5. The minimum atomic E-state index is -3.68. The van der Waals surface area contributed by atoms with Crippen molar-refractivity contribution in [3.63, 3.8) is 0 Å². The van der Waals surface area contributed by atoms with Gasteiger partial charge in [-0.1, -0.05) is 15.9 Å². The fraction of sp³-hybridized carbons (Fsp3) is 0.150. The zero-order chi connectivity index (χ0) is 20.7. The molecule has 1 amide bonds. The lowest BCUT2D eigenvalue weighted by Gasteiger charge is -2.08. The second-order valence-electron chi connectivity index (χ2n) is 5.99. The van der Waals surface area contributed by atoms with Crippen LogP contribution in [0.3, 0.4) is 0 Å². The Morgan fingerprint density at radius 2 is 1.76 bits per heavy atom. The van der Waals surface area contributed by atoms with Gasteiger partial charge in [-0.05, 0) is 60.7 Å². The van der Waals surface area contributed by atoms with Gasteiger partial charge in [-0.3, -0.25) is 4.79 Å². The zero-order valence-electron chi connectivity index (χ0n) is 15.3. The van der Waals surface area contributed by atoms with E-state index in [2.05, 4.69) is 26.0 Å². The highest BCUT2D eigenvalue weighted by molar-refractivity contribution is 9.10. The van der Waals surface area contributed by atoms with Gasteiger partial charge in [0.05, 0.1) is 17.7 Å². The molecule has 1 aromatic heterocycles. The number of nitrogens with one attached hydrogen (secondary N) is 2. The molecule has 0 aliphatic heterocycles. The molecular weight excluding hydrogens is 476 g/mol. The van der Waals surface area contributed by atoms with Gasteiger partial charge in [0.15, 0.2) is 0 Å². The third-order valence-corrected chi connectivity index (χ3v) is 6.87. The van der Waals surface area contributed by atoms with Gasteiger partial charge in [-0.15, -0.1) is 11.8 Å². The summed E-state index contributed by atoms with van der Waals surface area (Å²) in [6.07, 6.45) is 1.48. The number of amides is 1. The summed E-state index contributed by atoms with van der Waals surface area (Å²) in [5.74, 6) is 1.01. The lowest BCUT2D eigenvalue weighted by atomic mass is 10.2. The normalized spacial score (nSPS) is 11.3. The molecule has 1 heterocycles. The van der Waals surface area contributed by atoms with Gasteiger partial charge in [-0.2, -0.15) is 0 Å². The maximum absolute atomic E-state index is 12.3. The van der Waals surface area contributed by atoms with Gasteiger partial charge >= 0.3 is 0 Å². The van der Waals surface area contributed by atoms with Crippen LogP contribution in [0.5, 0.6) is 0 Å². The highest BCUT2D eigenvalue weighted by atomic mass is 79.9. The molecule has 9 heteroatoms. The summed E-state index contributed by atoms with van der Waals surface area (Å²) >= 11 is 5.04. The van der Waals surface area contributed by atoms with Crippen LogP contribution in [0, 0.1) is 0 Å². The highest BCUT2D eigenvalue weighted by Crippen LogP contribution is 2.20. The Morgan fingerprint density at radius 3 is 2.41 bits per heavy atom. The van der Waals surface area contributed by atoms with E-state index in [4.69, 9.17) is 4.42 Å². The maximum atomic E-state index is 12.3. The molecule has 3 rings (SSSR count). The first-order chi connectivity index (χ1) is 13.9. The van der Waals surface area contributed by atoms with E-state index < -0.39 is 10.0 Å². The molecule has 0 fully saturated rings. The lowest BCUT2D eigenvalue weighted by molar-refractivity contribution is 0.0956. The molecule has 0 atom stereocenters. The SMILES string of the molecule is O=C(NCCSc1ccc(Br)cc1)c1ccc(S(=O)(=O)NCc2ccco2)cc1. The predicted octanol–water partition coefficient (Wildman–Crippen LogP) is 4.04. The number of rotatable bonds is 9. The summed E-state index contributed by atoms with van der Waals surface area (Å²) < 4.78 is 33.2. The van der Waals surface area contributed by atoms with Gasteiger partial charge in [-0.25, -0.2) is 13.1 Å². The average molecular weight is 495 g/mol. The first-order valence-electron chi connectivity index (χ1n) is 8.73. The van der Waals surface area contributed by atoms with Crippen molar-refractivity contribution in [3.8, 4) is 0 Å². The fourth-order valence-corrected chi connectivity index (χ4v) is 4.44. The second kappa shape index (κ2) is 10.1. The molecule has 3 aromatic rings. The molecule has 0 unspecified atom stereocenters. The molecule has 29 heavy (non-hydrogen) atoms. The number of halogens is 1. The van der Waals surface area contributed by atoms with Crippen LogP contribution in [0.15, 0.2) is 85.6 Å². The van der Waals surface area contributed by atoms with Crippen molar-refractivity contribution >= 4 is 43.6 Å². The van der Waals surface area contributed by atoms with Crippen molar-refractivity contribution in [1.82, 2.24) is 10.0 Å². The smallest absolute Gasteiger partial charge is 0.251 e. The molecule has 0 spiro atoms. The van der Waals surface area contributed by atoms with Crippen LogP contribution < -0.4 is 10.0 Å². The van der Waals surface area contributed by atoms with E-state index in [9.17, 15) is 13.2 Å². The number of carbonyl (C=O) groups is 1. The van der Waals surface area contributed by atoms with Crippen LogP contribution in [0.25, 0.3) is 0 Å². The number of sulfonamides is 1. The molecule has 2 N–H and O–H groups in total. The van der Waals surface area contributed by atoms with Crippen LogP contribution in [-0.4, -0.2) is 26.6 Å². The molecule has 0 bridgehead atoms. The minimum absolute atomic E-state index is 0.0631. The maximum Gasteiger partial charge on any atom is 0.251 e. The first-order valence-corrected chi connectivity index (χ1v) is 12.0. The van der Waals surface area contributed by atoms with Gasteiger partial charge in [0.2, 0.25) is 10.0 Å². The Kier molecular flexibility index (Phi) is 7.54. The van der Waals surface area contributed by atoms with Gasteiger partial charge in [0.25, 0.3) is 5.91 Å². The Bertz CT molecular complexity index is 1040. The van der Waals surface area contributed by atoms with Gasteiger partial charge in [0.1, 0.15) is 5.76 Å². The molecule has 0 radical (unpaired) electrons. The average Bonchev–Trinajstić information content (AvgIpc) is 3.25. The second-order valence-corrected chi connectivity index (χ2v) is 9.84. The van der Waals surface area contributed by atoms with Crippen molar-refractivity contribution in [3.05, 3.63) is 82.7 Å². The molecule has 0 saturated carbocycles. The molecule has 0 aliphatic carbocycles. The van der Waals surface area contributed by atoms with E-state index in [1.807, 2.05) is 24.3 Å². The lowest BCUT2D eigenvalue weighted by Crippen LogP contribution is -2.26. The van der Waals surface area contributed by atoms with Crippen molar-refractivity contribution in [2.75, 3.05) is 12.3 Å². The Labute approximate surface area is 182 Å². The Balaban J connectivity index is 1.48. The van der Waals surface area contributed by atoms with Crippen molar-refractivity contribution in [2.45, 2.75) is 16.3 Å². The van der Waals surface area contributed by atoms with E-state index in [1.54, 1.807) is 23.9 Å². The van der Waals surface area contributed by atoms with Crippen LogP contribution in [0.4, 0.5) is 0 Å². The first kappa shape index (κ1) is 21.6. The fourth-order valence-electron chi connectivity index (χ4n) is 2.41. The van der Waals surface area contributed by atoms with Crippen LogP contribution >= 0.6 is 27.7 Å². The van der Waals surface area contributed by atoms with E-state index >= 15 is 0 Å². The Hall–Kier alpha value is -2.07. The summed E-state index contributed by atoms with van der Waals surface area (Å²) in [4.78, 5) is 13.5. The topological polar surface area (TPSA) is 88.4 Å². The van der Waals surface area contributed by atoms with Gasteiger partial charge in [0, 0.05) is 27.2 Å². The molecule has 152 valence electrons. The highest BCUT2D eigenvalue weighted by Gasteiger charge is 2.15. The largest absolute Gasteiger partial charge is 0.468 e.